The van der Waals surface area contributed by atoms with E-state index in [9.17, 15) is 4.79 Å². The summed E-state index contributed by atoms with van der Waals surface area (Å²) >= 11 is 1.42. The van der Waals surface area contributed by atoms with Crippen LogP contribution in [0.25, 0.3) is 10.6 Å². The zero-order chi connectivity index (χ0) is 18.6. The summed E-state index contributed by atoms with van der Waals surface area (Å²) in [5.41, 5.74) is 1.97. The highest BCUT2D eigenvalue weighted by molar-refractivity contribution is 7.16. The number of benzene rings is 2. The van der Waals surface area contributed by atoms with Gasteiger partial charge in [-0.15, -0.1) is 11.3 Å². The van der Waals surface area contributed by atoms with Crippen LogP contribution in [0.3, 0.4) is 0 Å². The molecule has 0 fully saturated rings. The van der Waals surface area contributed by atoms with Gasteiger partial charge in [0.05, 0.1) is 6.20 Å². The van der Waals surface area contributed by atoms with Crippen molar-refractivity contribution in [3.63, 3.8) is 0 Å². The third kappa shape index (κ3) is 3.66. The number of carbonyl (C=O) groups is 1. The molecular weight excluding hydrogens is 360 g/mol. The molecule has 1 aromatic heterocycles. The van der Waals surface area contributed by atoms with Crippen LogP contribution in [0, 0.1) is 0 Å². The van der Waals surface area contributed by atoms with E-state index in [1.807, 2.05) is 55.5 Å². The number of amides is 1. The van der Waals surface area contributed by atoms with E-state index in [1.165, 1.54) is 11.3 Å². The van der Waals surface area contributed by atoms with Crippen LogP contribution in [0.5, 0.6) is 11.5 Å². The molecule has 0 radical (unpaired) electrons. The fourth-order valence-electron chi connectivity index (χ4n) is 3.03. The zero-order valence-electron chi connectivity index (χ0n) is 15.1. The summed E-state index contributed by atoms with van der Waals surface area (Å²) in [6.07, 6.45) is 1.66. The molecule has 4 rings (SSSR count). The summed E-state index contributed by atoms with van der Waals surface area (Å²) in [7, 11) is 0. The zero-order valence-corrected chi connectivity index (χ0v) is 15.9. The number of hydrogen-bond donors (Lipinski definition) is 0. The van der Waals surface area contributed by atoms with Crippen molar-refractivity contribution in [3.05, 3.63) is 65.2 Å². The number of hydrogen-bond acceptors (Lipinski definition) is 5. The molecule has 0 saturated heterocycles. The smallest absolute Gasteiger partial charge is 0.265 e. The molecule has 0 bridgehead atoms. The highest BCUT2D eigenvalue weighted by Gasteiger charge is 2.22. The first-order valence-electron chi connectivity index (χ1n) is 8.94. The van der Waals surface area contributed by atoms with Crippen molar-refractivity contribution < 1.29 is 14.3 Å². The van der Waals surface area contributed by atoms with Crippen molar-refractivity contribution in [1.82, 2.24) is 9.88 Å². The molecule has 3 aromatic rings. The van der Waals surface area contributed by atoms with Gasteiger partial charge in [0.1, 0.15) is 23.1 Å². The Bertz CT molecular complexity index is 940. The molecule has 27 heavy (non-hydrogen) atoms. The van der Waals surface area contributed by atoms with Crippen LogP contribution in [0.2, 0.25) is 0 Å². The molecule has 0 N–H and O–H groups in total. The van der Waals surface area contributed by atoms with Gasteiger partial charge in [-0.1, -0.05) is 42.5 Å². The van der Waals surface area contributed by atoms with Crippen LogP contribution >= 0.6 is 11.3 Å². The maximum Gasteiger partial charge on any atom is 0.265 e. The van der Waals surface area contributed by atoms with Gasteiger partial charge in [0.15, 0.2) is 11.5 Å². The quantitative estimate of drug-likeness (QED) is 0.664. The Morgan fingerprint density at radius 3 is 2.74 bits per heavy atom. The van der Waals surface area contributed by atoms with Crippen LogP contribution in [0.4, 0.5) is 0 Å². The molecule has 2 heterocycles. The third-order valence-electron chi connectivity index (χ3n) is 4.42. The fourth-order valence-corrected chi connectivity index (χ4v) is 3.92. The van der Waals surface area contributed by atoms with Crippen LogP contribution in [-0.2, 0) is 6.54 Å². The minimum absolute atomic E-state index is 0.0217. The molecule has 1 aliphatic heterocycles. The van der Waals surface area contributed by atoms with E-state index in [0.29, 0.717) is 31.2 Å². The van der Waals surface area contributed by atoms with Gasteiger partial charge in [0, 0.05) is 24.2 Å². The Morgan fingerprint density at radius 1 is 1.11 bits per heavy atom. The number of fused-ring (bicyclic) bond motifs is 1. The molecule has 138 valence electrons. The molecule has 0 saturated carbocycles. The van der Waals surface area contributed by atoms with Gasteiger partial charge < -0.3 is 14.4 Å². The number of aromatic nitrogens is 1. The summed E-state index contributed by atoms with van der Waals surface area (Å²) in [6, 6.07) is 15.7. The van der Waals surface area contributed by atoms with E-state index in [0.717, 1.165) is 27.6 Å². The van der Waals surface area contributed by atoms with Crippen molar-refractivity contribution in [2.45, 2.75) is 13.5 Å². The predicted octanol–water partition coefficient (Wildman–Crippen LogP) is 4.24. The van der Waals surface area contributed by atoms with Crippen molar-refractivity contribution >= 4 is 17.2 Å². The first-order valence-corrected chi connectivity index (χ1v) is 9.76. The first-order chi connectivity index (χ1) is 13.3. The lowest BCUT2D eigenvalue weighted by Crippen LogP contribution is -2.30. The number of thiazole rings is 1. The highest BCUT2D eigenvalue weighted by Crippen LogP contribution is 2.34. The second-order valence-corrected chi connectivity index (χ2v) is 7.19. The first kappa shape index (κ1) is 17.5. The van der Waals surface area contributed by atoms with Gasteiger partial charge in [-0.3, -0.25) is 4.79 Å². The van der Waals surface area contributed by atoms with Crippen molar-refractivity contribution in [1.29, 1.82) is 0 Å². The van der Waals surface area contributed by atoms with E-state index in [2.05, 4.69) is 4.98 Å². The van der Waals surface area contributed by atoms with Gasteiger partial charge in [0.25, 0.3) is 5.91 Å². The van der Waals surface area contributed by atoms with Crippen molar-refractivity contribution in [3.8, 4) is 22.1 Å². The van der Waals surface area contributed by atoms with Gasteiger partial charge in [0.2, 0.25) is 0 Å². The molecule has 2 aromatic carbocycles. The minimum Gasteiger partial charge on any atom is -0.486 e. The SMILES string of the molecule is CCN(Cc1cccc2c1OCCO2)C(=O)c1cnc(-c2ccccc2)s1. The Labute approximate surface area is 162 Å². The lowest BCUT2D eigenvalue weighted by Gasteiger charge is -2.25. The number of para-hydroxylation sites is 1. The van der Waals surface area contributed by atoms with Crippen molar-refractivity contribution in [2.24, 2.45) is 0 Å². The Kier molecular flexibility index (Phi) is 5.07. The average Bonchev–Trinajstić information content (AvgIpc) is 3.22. The maximum absolute atomic E-state index is 13.0. The molecule has 6 heteroatoms. The monoisotopic (exact) mass is 380 g/mol. The van der Waals surface area contributed by atoms with E-state index >= 15 is 0 Å². The molecule has 1 amide bonds. The van der Waals surface area contributed by atoms with E-state index in [-0.39, 0.29) is 5.91 Å². The molecule has 0 spiro atoms. The number of nitrogens with zero attached hydrogens (tertiary/aromatic N) is 2. The summed E-state index contributed by atoms with van der Waals surface area (Å²) in [4.78, 5) is 19.9. The summed E-state index contributed by atoms with van der Waals surface area (Å²) < 4.78 is 11.4. The highest BCUT2D eigenvalue weighted by atomic mass is 32.1. The summed E-state index contributed by atoms with van der Waals surface area (Å²) in [5.74, 6) is 1.46. The average molecular weight is 380 g/mol. The summed E-state index contributed by atoms with van der Waals surface area (Å²) in [6.45, 7) is 4.13. The lowest BCUT2D eigenvalue weighted by atomic mass is 10.1. The second kappa shape index (κ2) is 7.80. The minimum atomic E-state index is -0.0217. The van der Waals surface area contributed by atoms with Crippen LogP contribution in [0.1, 0.15) is 22.2 Å². The maximum atomic E-state index is 13.0. The molecule has 1 aliphatic rings. The van der Waals surface area contributed by atoms with E-state index in [4.69, 9.17) is 9.47 Å². The number of carbonyl (C=O) groups excluding carboxylic acids is 1. The number of ether oxygens (including phenoxy) is 2. The Morgan fingerprint density at radius 2 is 1.93 bits per heavy atom. The fraction of sp³-hybridized carbons (Fsp3) is 0.238. The standard InChI is InChI=1S/C21H20N2O3S/c1-2-23(14-16-9-6-10-17-19(16)26-12-11-25-17)21(24)18-13-22-20(27-18)15-7-4-3-5-8-15/h3-10,13H,2,11-12,14H2,1H3. The van der Waals surface area contributed by atoms with Crippen LogP contribution in [-0.4, -0.2) is 35.5 Å². The van der Waals surface area contributed by atoms with Crippen LogP contribution < -0.4 is 9.47 Å². The van der Waals surface area contributed by atoms with Crippen molar-refractivity contribution in [2.75, 3.05) is 19.8 Å². The van der Waals surface area contributed by atoms with Gasteiger partial charge in [-0.2, -0.15) is 0 Å². The predicted molar refractivity (Wildman–Crippen MR) is 105 cm³/mol. The third-order valence-corrected chi connectivity index (χ3v) is 5.45. The Hall–Kier alpha value is -2.86. The van der Waals surface area contributed by atoms with Gasteiger partial charge >= 0.3 is 0 Å². The molecular formula is C21H20N2O3S. The number of rotatable bonds is 5. The molecule has 0 aliphatic carbocycles. The molecule has 0 unspecified atom stereocenters. The van der Waals surface area contributed by atoms with Gasteiger partial charge in [-0.05, 0) is 13.0 Å². The summed E-state index contributed by atoms with van der Waals surface area (Å²) in [5, 5.41) is 0.851. The topological polar surface area (TPSA) is 51.7 Å². The van der Waals surface area contributed by atoms with E-state index in [1.54, 1.807) is 11.1 Å². The molecule has 0 atom stereocenters. The largest absolute Gasteiger partial charge is 0.486 e. The Balaban J connectivity index is 1.55. The van der Waals surface area contributed by atoms with E-state index < -0.39 is 0 Å². The normalized spacial score (nSPS) is 12.6. The lowest BCUT2D eigenvalue weighted by molar-refractivity contribution is 0.0753. The van der Waals surface area contributed by atoms with Gasteiger partial charge in [-0.25, -0.2) is 4.98 Å². The second-order valence-electron chi connectivity index (χ2n) is 6.16. The van der Waals surface area contributed by atoms with Crippen LogP contribution in [0.15, 0.2) is 54.7 Å². The molecule has 5 nitrogen and oxygen atoms in total.